The highest BCUT2D eigenvalue weighted by molar-refractivity contribution is 7.59. The number of alkyl halides is 3. The molecule has 1 aromatic carbocycles. The van der Waals surface area contributed by atoms with Gasteiger partial charge in [0.1, 0.15) is 5.69 Å². The molecule has 0 saturated carbocycles. The van der Waals surface area contributed by atoms with Gasteiger partial charge in [-0.1, -0.05) is 19.0 Å². The molecule has 1 N–H and O–H groups in total. The molecule has 35 heavy (non-hydrogen) atoms. The Morgan fingerprint density at radius 3 is 2.51 bits per heavy atom. The van der Waals surface area contributed by atoms with E-state index >= 15 is 0 Å². The molecule has 0 radical (unpaired) electrons. The fraction of sp³-hybridized carbons (Fsp3) is 0.304. The summed E-state index contributed by atoms with van der Waals surface area (Å²) in [6.45, 7) is 5.64. The van der Waals surface area contributed by atoms with Gasteiger partial charge < -0.3 is 10.2 Å². The molecule has 2 amide bonds. The van der Waals surface area contributed by atoms with Gasteiger partial charge in [-0.15, -0.1) is 0 Å². The number of pyridine rings is 1. The minimum Gasteiger partial charge on any atom is -0.320 e. The Kier molecular flexibility index (Phi) is 8.29. The number of aromatic nitrogens is 3. The first kappa shape index (κ1) is 28.2. The standard InChI is InChI=1S/C22H19ClF3N5O2.CH4.H2S/c1-11-7-27-9-18(13(11)3)29-20(32)15-8-28-31-12(2)10-30(21(33)19(15)31)14-4-5-16(17(23)6-14)22(24,25)26;;/h4-9,12H,10H2,1-3H3,(H,29,32);1H4;1H2/t12-;;/m0../s1. The van der Waals surface area contributed by atoms with Gasteiger partial charge in [0.25, 0.3) is 11.8 Å². The molecule has 0 unspecified atom stereocenters. The van der Waals surface area contributed by atoms with Gasteiger partial charge in [0.15, 0.2) is 0 Å². The van der Waals surface area contributed by atoms with Crippen molar-refractivity contribution in [2.24, 2.45) is 0 Å². The number of amides is 2. The number of nitrogens with one attached hydrogen (secondary N) is 1. The van der Waals surface area contributed by atoms with Gasteiger partial charge in [0.05, 0.1) is 40.3 Å². The van der Waals surface area contributed by atoms with Crippen LogP contribution in [0.4, 0.5) is 24.5 Å². The van der Waals surface area contributed by atoms with E-state index in [1.807, 2.05) is 13.8 Å². The zero-order chi connectivity index (χ0) is 24.1. The van der Waals surface area contributed by atoms with Crippen LogP contribution >= 0.6 is 25.1 Å². The minimum absolute atomic E-state index is 0. The van der Waals surface area contributed by atoms with Gasteiger partial charge >= 0.3 is 6.18 Å². The number of anilines is 2. The summed E-state index contributed by atoms with van der Waals surface area (Å²) in [6, 6.07) is 2.79. The fourth-order valence-electron chi connectivity index (χ4n) is 3.70. The first-order chi connectivity index (χ1) is 15.5. The van der Waals surface area contributed by atoms with Crippen LogP contribution in [0, 0.1) is 13.8 Å². The molecule has 12 heteroatoms. The molecule has 0 saturated heterocycles. The monoisotopic (exact) mass is 527 g/mol. The van der Waals surface area contributed by atoms with Crippen LogP contribution in [-0.4, -0.2) is 33.1 Å². The summed E-state index contributed by atoms with van der Waals surface area (Å²) in [5, 5.41) is 6.44. The predicted octanol–water partition coefficient (Wildman–Crippen LogP) is 5.79. The Hall–Kier alpha value is -3.05. The van der Waals surface area contributed by atoms with Crippen molar-refractivity contribution in [1.82, 2.24) is 14.8 Å². The van der Waals surface area contributed by atoms with Crippen LogP contribution in [0.1, 0.15) is 57.9 Å². The normalized spacial score (nSPS) is 15.1. The fourth-order valence-corrected chi connectivity index (χ4v) is 3.98. The Balaban J connectivity index is 0.00000216. The number of benzene rings is 1. The number of hydrogen-bond donors (Lipinski definition) is 1. The van der Waals surface area contributed by atoms with E-state index in [-0.39, 0.29) is 50.5 Å². The summed E-state index contributed by atoms with van der Waals surface area (Å²) in [7, 11) is 0. The van der Waals surface area contributed by atoms with Gasteiger partial charge in [0.2, 0.25) is 0 Å². The summed E-state index contributed by atoms with van der Waals surface area (Å²) in [5.41, 5.74) is 1.53. The number of carbonyl (C=O) groups excluding carboxylic acids is 2. The molecule has 3 heterocycles. The third-order valence-electron chi connectivity index (χ3n) is 5.64. The smallest absolute Gasteiger partial charge is 0.320 e. The van der Waals surface area contributed by atoms with E-state index < -0.39 is 28.6 Å². The van der Waals surface area contributed by atoms with Gasteiger partial charge in [-0.25, -0.2) is 0 Å². The number of aryl methyl sites for hydroxylation is 1. The van der Waals surface area contributed by atoms with Crippen molar-refractivity contribution in [3.63, 3.8) is 0 Å². The van der Waals surface area contributed by atoms with Gasteiger partial charge in [0, 0.05) is 18.4 Å². The number of hydrogen-bond acceptors (Lipinski definition) is 4. The van der Waals surface area contributed by atoms with E-state index in [0.29, 0.717) is 5.69 Å². The first-order valence-electron chi connectivity index (χ1n) is 9.97. The van der Waals surface area contributed by atoms with E-state index in [0.717, 1.165) is 23.3 Å². The number of carbonyl (C=O) groups is 2. The quantitative estimate of drug-likeness (QED) is 0.467. The lowest BCUT2D eigenvalue weighted by Gasteiger charge is -2.32. The predicted molar refractivity (Wildman–Crippen MR) is 134 cm³/mol. The summed E-state index contributed by atoms with van der Waals surface area (Å²) < 4.78 is 40.6. The highest BCUT2D eigenvalue weighted by Crippen LogP contribution is 2.38. The van der Waals surface area contributed by atoms with E-state index in [9.17, 15) is 22.8 Å². The molecule has 0 fully saturated rings. The molecule has 3 aromatic rings. The lowest BCUT2D eigenvalue weighted by atomic mass is 10.1. The number of rotatable bonds is 3. The molecule has 0 aliphatic carbocycles. The third kappa shape index (κ3) is 5.15. The number of nitrogens with zero attached hydrogens (tertiary/aromatic N) is 4. The van der Waals surface area contributed by atoms with Crippen molar-refractivity contribution in [2.75, 3.05) is 16.8 Å². The van der Waals surface area contributed by atoms with E-state index in [1.54, 1.807) is 13.1 Å². The summed E-state index contributed by atoms with van der Waals surface area (Å²) >= 11 is 5.85. The summed E-state index contributed by atoms with van der Waals surface area (Å²) in [4.78, 5) is 31.7. The summed E-state index contributed by atoms with van der Waals surface area (Å²) in [5.74, 6) is -1.11. The van der Waals surface area contributed by atoms with Gasteiger partial charge in [-0.2, -0.15) is 31.8 Å². The highest BCUT2D eigenvalue weighted by Gasteiger charge is 2.37. The molecule has 1 aliphatic heterocycles. The van der Waals surface area contributed by atoms with Gasteiger partial charge in [-0.05, 0) is 50.1 Å². The molecule has 188 valence electrons. The van der Waals surface area contributed by atoms with Crippen LogP contribution in [0.3, 0.4) is 0 Å². The molecule has 1 aliphatic rings. The van der Waals surface area contributed by atoms with Crippen LogP contribution in [0.15, 0.2) is 36.8 Å². The molecule has 2 aromatic heterocycles. The van der Waals surface area contributed by atoms with Crippen LogP contribution in [0.2, 0.25) is 5.02 Å². The molecular weight excluding hydrogens is 503 g/mol. The maximum Gasteiger partial charge on any atom is 0.417 e. The second-order valence-corrected chi connectivity index (χ2v) is 8.27. The van der Waals surface area contributed by atoms with Crippen LogP contribution < -0.4 is 10.2 Å². The van der Waals surface area contributed by atoms with E-state index in [1.165, 1.54) is 28.0 Å². The molecule has 0 spiro atoms. The van der Waals surface area contributed by atoms with Crippen LogP contribution in [0.25, 0.3) is 0 Å². The molecule has 0 bridgehead atoms. The Morgan fingerprint density at radius 2 is 1.89 bits per heavy atom. The molecular formula is C23H25ClF3N5O2S. The van der Waals surface area contributed by atoms with Crippen molar-refractivity contribution in [3.05, 3.63) is 69.8 Å². The van der Waals surface area contributed by atoms with E-state index in [4.69, 9.17) is 11.6 Å². The van der Waals surface area contributed by atoms with Crippen molar-refractivity contribution in [3.8, 4) is 0 Å². The molecule has 4 rings (SSSR count). The lowest BCUT2D eigenvalue weighted by Crippen LogP contribution is -2.43. The van der Waals surface area contributed by atoms with Crippen molar-refractivity contribution in [2.45, 2.75) is 40.4 Å². The Labute approximate surface area is 212 Å². The molecule has 1 atom stereocenters. The van der Waals surface area contributed by atoms with E-state index in [2.05, 4.69) is 15.4 Å². The Morgan fingerprint density at radius 1 is 1.20 bits per heavy atom. The number of halogens is 4. The van der Waals surface area contributed by atoms with Crippen LogP contribution in [0.5, 0.6) is 0 Å². The van der Waals surface area contributed by atoms with Gasteiger partial charge in [-0.3, -0.25) is 19.3 Å². The minimum atomic E-state index is -4.61. The largest absolute Gasteiger partial charge is 0.417 e. The zero-order valence-corrected chi connectivity index (χ0v) is 20.1. The highest BCUT2D eigenvalue weighted by atomic mass is 35.5. The second-order valence-electron chi connectivity index (χ2n) is 7.86. The average Bonchev–Trinajstić information content (AvgIpc) is 3.19. The first-order valence-corrected chi connectivity index (χ1v) is 10.4. The topological polar surface area (TPSA) is 80.1 Å². The summed E-state index contributed by atoms with van der Waals surface area (Å²) in [6.07, 6.45) is -0.121. The third-order valence-corrected chi connectivity index (χ3v) is 5.95. The SMILES string of the molecule is C.Cc1cncc(NC(=O)c2cnn3c2C(=O)N(c2ccc(C(F)(F)F)c(Cl)c2)C[C@@H]3C)c1C.S. The molecule has 7 nitrogen and oxygen atoms in total. The average molecular weight is 528 g/mol. The maximum atomic E-state index is 13.3. The second kappa shape index (κ2) is 10.3. The zero-order valence-electron chi connectivity index (χ0n) is 18.4. The van der Waals surface area contributed by atoms with Crippen molar-refractivity contribution in [1.29, 1.82) is 0 Å². The number of fused-ring (bicyclic) bond motifs is 1. The van der Waals surface area contributed by atoms with Crippen LogP contribution in [-0.2, 0) is 6.18 Å². The Bertz CT molecular complexity index is 1280. The van der Waals surface area contributed by atoms with Crippen molar-refractivity contribution < 1.29 is 22.8 Å². The van der Waals surface area contributed by atoms with Crippen molar-refractivity contribution >= 4 is 48.3 Å². The lowest BCUT2D eigenvalue weighted by molar-refractivity contribution is -0.137. The maximum absolute atomic E-state index is 13.3.